The molecule has 28 atom stereocenters. The maximum absolute atomic E-state index is 14.7. The Bertz CT molecular complexity index is 2990. The molecule has 0 radical (unpaired) electrons. The molecule has 5 aliphatic heterocycles. The third-order valence-electron chi connectivity index (χ3n) is 21.2. The molecule has 35 heteroatoms. The van der Waals surface area contributed by atoms with Gasteiger partial charge in [-0.3, -0.25) is 23.2 Å². The Morgan fingerprint density at radius 2 is 1.25 bits per heavy atom. The number of ether oxygens (including phenoxy) is 11. The van der Waals surface area contributed by atoms with E-state index >= 15 is 0 Å². The topological polar surface area (TPSA) is 468 Å². The lowest BCUT2D eigenvalue weighted by atomic mass is 9.41. The first-order valence-electron chi connectivity index (χ1n) is 30.6. The molecule has 9 rings (SSSR count). The highest BCUT2D eigenvalue weighted by Gasteiger charge is 2.79. The minimum atomic E-state index is -5.25. The summed E-state index contributed by atoms with van der Waals surface area (Å²) in [6.07, 6.45) is -30.1. The molecule has 91 heavy (non-hydrogen) atoms. The van der Waals surface area contributed by atoms with E-state index in [1.807, 2.05) is 20.8 Å². The first-order chi connectivity index (χ1) is 42.1. The van der Waals surface area contributed by atoms with Gasteiger partial charge in [0.1, 0.15) is 97.2 Å². The summed E-state index contributed by atoms with van der Waals surface area (Å²) in [6, 6.07) is 0. The van der Waals surface area contributed by atoms with Crippen LogP contribution in [0.5, 0.6) is 0 Å². The lowest BCUT2D eigenvalue weighted by Crippen LogP contribution is -2.67. The number of cyclic esters (lactones) is 1. The molecule has 2 unspecified atom stereocenters. The number of hydrogen-bond acceptors (Lipinski definition) is 29. The summed E-state index contributed by atoms with van der Waals surface area (Å²) in [5.41, 5.74) is -2.42. The number of allylic oxidation sites excluding steroid dienone is 2. The van der Waals surface area contributed by atoms with E-state index in [1.165, 1.54) is 13.8 Å². The van der Waals surface area contributed by atoms with Crippen molar-refractivity contribution < 1.29 is 149 Å². The molecule has 5 heterocycles. The van der Waals surface area contributed by atoms with Gasteiger partial charge in [0.05, 0.1) is 43.4 Å². The molecule has 0 aromatic heterocycles. The number of aliphatic hydroxyl groups is 7. The first-order valence-corrected chi connectivity index (χ1v) is 34.7. The van der Waals surface area contributed by atoms with Crippen LogP contribution >= 0.6 is 0 Å². The minimum Gasteiger partial charge on any atom is -0.462 e. The maximum Gasteiger partial charge on any atom is 0.397 e. The molecule has 3 saturated carbocycles. The highest BCUT2D eigenvalue weighted by Crippen LogP contribution is 2.77. The zero-order valence-corrected chi connectivity index (χ0v) is 54.6. The van der Waals surface area contributed by atoms with Crippen molar-refractivity contribution in [3.63, 3.8) is 0 Å². The van der Waals surface area contributed by atoms with Gasteiger partial charge in [-0.2, -0.15) is 25.3 Å². The lowest BCUT2D eigenvalue weighted by Gasteiger charge is -2.64. The van der Waals surface area contributed by atoms with Crippen molar-refractivity contribution in [1.82, 2.24) is 0 Å². The number of hydrogen-bond donors (Lipinski definition) is 10. The van der Waals surface area contributed by atoms with Gasteiger partial charge in [0.2, 0.25) is 0 Å². The summed E-state index contributed by atoms with van der Waals surface area (Å²) in [7, 11) is -14.6. The predicted octanol–water partition coefficient (Wildman–Crippen LogP) is -0.285. The SMILES string of the molecule is CO[C@@H]1[C@@H](O)[C@H](O[C@@H]2[C@@H](O)[C@H](O[C@H]3[C@H](O)[C@@H](O)[C@H](O[C@H]4[C@H](O[C@H]5CC[C@]6(C)C7CC[C@]89C(=O)O[C@@](C)(CCCC(C)C)[C@H]8[C@@H](OC(C)=O)C[C@@]9(C)C7=CCC6C5(C)C)OC[C@@H](OS(=O)(=O)O)[C@@H]4O)O[C@@H]3C)O[C@H](COS(=O)(=O)O)[C@H]2O)O[C@H](COS(=O)(=O)O)[C@H]1O. The van der Waals surface area contributed by atoms with Crippen LogP contribution in [0.1, 0.15) is 120 Å². The second-order valence-electron chi connectivity index (χ2n) is 27.6. The number of fused-ring (bicyclic) bond motifs is 4. The molecule has 0 amide bonds. The fraction of sp³-hybridized carbons (Fsp3) is 0.929. The molecule has 9 aliphatic rings. The Hall–Kier alpha value is -2.35. The highest BCUT2D eigenvalue weighted by atomic mass is 32.3. The molecule has 524 valence electrons. The fourth-order valence-electron chi connectivity index (χ4n) is 17.0. The Morgan fingerprint density at radius 3 is 1.82 bits per heavy atom. The van der Waals surface area contributed by atoms with Crippen LogP contribution in [0.25, 0.3) is 0 Å². The zero-order chi connectivity index (χ0) is 67.3. The number of aliphatic hydroxyl groups excluding tert-OH is 7. The van der Waals surface area contributed by atoms with Crippen LogP contribution in [0.4, 0.5) is 0 Å². The van der Waals surface area contributed by atoms with Crippen molar-refractivity contribution >= 4 is 43.1 Å². The Balaban J connectivity index is 0.925. The van der Waals surface area contributed by atoms with E-state index in [4.69, 9.17) is 60.8 Å². The van der Waals surface area contributed by atoms with Crippen molar-refractivity contribution in [2.75, 3.05) is 26.9 Å². The average molecular weight is 1370 g/mol. The van der Waals surface area contributed by atoms with Gasteiger partial charge in [-0.25, -0.2) is 12.5 Å². The van der Waals surface area contributed by atoms with Gasteiger partial charge < -0.3 is 87.9 Å². The quantitative estimate of drug-likeness (QED) is 0.0378. The molecule has 5 saturated heterocycles. The van der Waals surface area contributed by atoms with Crippen LogP contribution in [-0.2, 0) is 105 Å². The van der Waals surface area contributed by atoms with Crippen molar-refractivity contribution in [2.24, 2.45) is 45.3 Å². The molecule has 0 bridgehead atoms. The summed E-state index contributed by atoms with van der Waals surface area (Å²) >= 11 is 0. The smallest absolute Gasteiger partial charge is 0.397 e. The number of carbonyl (C=O) groups is 2. The Labute approximate surface area is 528 Å². The van der Waals surface area contributed by atoms with E-state index in [0.29, 0.717) is 50.9 Å². The van der Waals surface area contributed by atoms with E-state index in [9.17, 15) is 79.7 Å². The predicted molar refractivity (Wildman–Crippen MR) is 303 cm³/mol. The average Bonchev–Trinajstić information content (AvgIpc) is 1.52. The van der Waals surface area contributed by atoms with Gasteiger partial charge in [0.25, 0.3) is 0 Å². The Morgan fingerprint density at radius 1 is 0.681 bits per heavy atom. The number of methoxy groups -OCH3 is 1. The van der Waals surface area contributed by atoms with Crippen molar-refractivity contribution in [3.05, 3.63) is 11.6 Å². The molecule has 10 N–H and O–H groups in total. The molecule has 0 aromatic carbocycles. The van der Waals surface area contributed by atoms with Gasteiger partial charge in [0, 0.05) is 19.4 Å². The van der Waals surface area contributed by atoms with E-state index in [0.717, 1.165) is 25.5 Å². The zero-order valence-electron chi connectivity index (χ0n) is 52.2. The molecule has 4 aliphatic carbocycles. The monoisotopic (exact) mass is 1370 g/mol. The molecular formula is C56H90O32S3. The van der Waals surface area contributed by atoms with Crippen LogP contribution in [-0.4, -0.2) is 248 Å². The van der Waals surface area contributed by atoms with Gasteiger partial charge in [-0.05, 0) is 93.8 Å². The van der Waals surface area contributed by atoms with Gasteiger partial charge in [0.15, 0.2) is 25.2 Å². The van der Waals surface area contributed by atoms with Gasteiger partial charge >= 0.3 is 43.1 Å². The highest BCUT2D eigenvalue weighted by molar-refractivity contribution is 7.81. The summed E-state index contributed by atoms with van der Waals surface area (Å²) in [6.45, 7) is 14.5. The second kappa shape index (κ2) is 26.8. The van der Waals surface area contributed by atoms with E-state index in [1.54, 1.807) is 0 Å². The Kier molecular flexibility index (Phi) is 21.5. The summed E-state index contributed by atoms with van der Waals surface area (Å²) < 4.78 is 178. The molecule has 32 nitrogen and oxygen atoms in total. The van der Waals surface area contributed by atoms with Crippen molar-refractivity contribution in [3.8, 4) is 0 Å². The molecule has 8 fully saturated rings. The number of carbonyl (C=O) groups excluding carboxylic acids is 2. The fourth-order valence-corrected chi connectivity index (χ4v) is 18.1. The second-order valence-corrected chi connectivity index (χ2v) is 30.8. The van der Waals surface area contributed by atoms with Crippen LogP contribution in [0.3, 0.4) is 0 Å². The summed E-state index contributed by atoms with van der Waals surface area (Å²) in [4.78, 5) is 27.5. The third kappa shape index (κ3) is 14.2. The molecule has 0 aromatic rings. The molecular weight excluding hydrogens is 1280 g/mol. The van der Waals surface area contributed by atoms with Crippen LogP contribution < -0.4 is 0 Å². The standard InChI is InChI=1S/C56H90O32S3/c1-24(2)12-11-17-55(9)46-29(80-26(4)57)20-54(8)28-13-14-33-52(5,6)34(16-18-53(33,7)27(28)15-19-56(46,54)51(65)87-55)83-50-45(37(60)32(21-76-50)88-91(72,73)74)86-47-39(62)38(61)42(25(3)79-47)84-49-41(64)44(36(59)31(82-49)23-78-90(69,70)71)85-48-40(63)43(75-10)35(58)30(81-48)22-77-89(66,67)68/h13,24-25,27,29-50,58-64H,11-12,14-23H2,1-10H3,(H,66,67,68)(H,69,70,71)(H,72,73,74)/t25-,27?,29+,30-,31-,32-,33?,34+,35-,36-,37+,38-,39-,40-,41-,42-,43+,44+,45-,46-,47+,48+,49+,50+,53-,54+,55+,56-/m1/s1. The van der Waals surface area contributed by atoms with Crippen molar-refractivity contribution in [1.29, 1.82) is 0 Å². The minimum absolute atomic E-state index is 0.00782. The molecule has 1 spiro atoms. The van der Waals surface area contributed by atoms with E-state index in [2.05, 4.69) is 42.1 Å². The van der Waals surface area contributed by atoms with Gasteiger partial charge in [-0.1, -0.05) is 59.6 Å². The van der Waals surface area contributed by atoms with E-state index in [-0.39, 0.29) is 29.1 Å². The third-order valence-corrected chi connectivity index (χ3v) is 22.6. The summed E-state index contributed by atoms with van der Waals surface area (Å²) in [5.74, 6) is -0.692. The largest absolute Gasteiger partial charge is 0.462 e. The number of rotatable bonds is 22. The van der Waals surface area contributed by atoms with Crippen LogP contribution in [0.2, 0.25) is 0 Å². The van der Waals surface area contributed by atoms with E-state index < -0.39 is 208 Å². The maximum atomic E-state index is 14.7. The van der Waals surface area contributed by atoms with Crippen LogP contribution in [0, 0.1) is 45.3 Å². The lowest BCUT2D eigenvalue weighted by molar-refractivity contribution is -0.389. The normalized spacial score (nSPS) is 46.7. The van der Waals surface area contributed by atoms with Gasteiger partial charge in [-0.15, -0.1) is 0 Å². The van der Waals surface area contributed by atoms with Crippen molar-refractivity contribution in [2.45, 2.75) is 255 Å². The van der Waals surface area contributed by atoms with Crippen LogP contribution in [0.15, 0.2) is 11.6 Å². The summed E-state index contributed by atoms with van der Waals surface area (Å²) in [5, 5.41) is 80.4. The number of esters is 2. The first kappa shape index (κ1) is 72.9.